The fourth-order valence-corrected chi connectivity index (χ4v) is 1.43. The van der Waals surface area contributed by atoms with Crippen LogP contribution in [0.2, 0.25) is 0 Å². The van der Waals surface area contributed by atoms with Crippen LogP contribution in [0.3, 0.4) is 0 Å². The van der Waals surface area contributed by atoms with Crippen molar-refractivity contribution < 1.29 is 9.53 Å². The van der Waals surface area contributed by atoms with Crippen LogP contribution in [0, 0.1) is 0 Å². The van der Waals surface area contributed by atoms with Crippen LogP contribution < -0.4 is 15.4 Å². The van der Waals surface area contributed by atoms with E-state index >= 15 is 0 Å². The number of rotatable bonds is 6. The second kappa shape index (κ2) is 7.79. The number of carbonyl (C=O) groups is 1. The van der Waals surface area contributed by atoms with Gasteiger partial charge in [-0.15, -0.1) is 11.6 Å². The van der Waals surface area contributed by atoms with E-state index in [1.165, 1.54) is 0 Å². The van der Waals surface area contributed by atoms with Crippen molar-refractivity contribution in [2.24, 2.45) is 0 Å². The minimum atomic E-state index is -0.182. The zero-order valence-corrected chi connectivity index (χ0v) is 10.6. The molecule has 2 N–H and O–H groups in total. The Morgan fingerprint density at radius 1 is 1.41 bits per heavy atom. The van der Waals surface area contributed by atoms with Crippen LogP contribution in [0.25, 0.3) is 0 Å². The Labute approximate surface area is 106 Å². The van der Waals surface area contributed by atoms with E-state index in [0.717, 1.165) is 17.7 Å². The van der Waals surface area contributed by atoms with Crippen LogP contribution >= 0.6 is 11.6 Å². The molecule has 5 heteroatoms. The third kappa shape index (κ3) is 5.45. The average molecular weight is 257 g/mol. The van der Waals surface area contributed by atoms with Crippen molar-refractivity contribution in [3.8, 4) is 5.75 Å². The molecule has 2 amide bonds. The molecule has 0 aliphatic heterocycles. The number of ether oxygens (including phenoxy) is 1. The van der Waals surface area contributed by atoms with Crippen molar-refractivity contribution in [1.29, 1.82) is 0 Å². The van der Waals surface area contributed by atoms with Crippen LogP contribution in [0.4, 0.5) is 4.79 Å². The van der Waals surface area contributed by atoms with Crippen LogP contribution in [-0.2, 0) is 6.54 Å². The van der Waals surface area contributed by atoms with Gasteiger partial charge in [-0.25, -0.2) is 4.79 Å². The minimum Gasteiger partial charge on any atom is -0.497 e. The van der Waals surface area contributed by atoms with Gasteiger partial charge in [-0.1, -0.05) is 12.1 Å². The lowest BCUT2D eigenvalue weighted by molar-refractivity contribution is 0.240. The first kappa shape index (κ1) is 13.6. The molecule has 0 atom stereocenters. The average Bonchev–Trinajstić information content (AvgIpc) is 2.37. The third-order valence-corrected chi connectivity index (χ3v) is 2.45. The molecule has 94 valence electrons. The molecule has 0 unspecified atom stereocenters. The van der Waals surface area contributed by atoms with Gasteiger partial charge in [-0.05, 0) is 24.1 Å². The summed E-state index contributed by atoms with van der Waals surface area (Å²) >= 11 is 5.51. The summed E-state index contributed by atoms with van der Waals surface area (Å²) in [5.74, 6) is 1.34. The van der Waals surface area contributed by atoms with Crippen molar-refractivity contribution in [2.45, 2.75) is 13.0 Å². The summed E-state index contributed by atoms with van der Waals surface area (Å²) in [6.07, 6.45) is 0.772. The Hall–Kier alpha value is -1.42. The van der Waals surface area contributed by atoms with Gasteiger partial charge in [-0.2, -0.15) is 0 Å². The fraction of sp³-hybridized carbons (Fsp3) is 0.417. The molecule has 1 aromatic rings. The van der Waals surface area contributed by atoms with Crippen LogP contribution in [0.1, 0.15) is 12.0 Å². The number of benzene rings is 1. The number of alkyl halides is 1. The Balaban J connectivity index is 2.31. The Kier molecular flexibility index (Phi) is 6.25. The highest BCUT2D eigenvalue weighted by atomic mass is 35.5. The van der Waals surface area contributed by atoms with Gasteiger partial charge in [0.25, 0.3) is 0 Å². The van der Waals surface area contributed by atoms with Crippen molar-refractivity contribution >= 4 is 17.6 Å². The predicted octanol–water partition coefficient (Wildman–Crippen LogP) is 2.12. The van der Waals surface area contributed by atoms with Crippen LogP contribution in [0.15, 0.2) is 24.3 Å². The molecule has 0 saturated carbocycles. The topological polar surface area (TPSA) is 50.4 Å². The Morgan fingerprint density at radius 2 is 2.24 bits per heavy atom. The molecular weight excluding hydrogens is 240 g/mol. The van der Waals surface area contributed by atoms with Crippen LogP contribution in [0.5, 0.6) is 5.75 Å². The van der Waals surface area contributed by atoms with E-state index in [1.807, 2.05) is 24.3 Å². The molecule has 1 aromatic carbocycles. The van der Waals surface area contributed by atoms with Crippen molar-refractivity contribution in [3.63, 3.8) is 0 Å². The minimum absolute atomic E-state index is 0.182. The standard InChI is InChI=1S/C12H17ClN2O2/c1-17-11-5-2-4-10(8-11)9-15-12(16)14-7-3-6-13/h2,4-5,8H,3,6-7,9H2,1H3,(H2,14,15,16). The molecule has 0 bridgehead atoms. The second-order valence-electron chi connectivity index (χ2n) is 3.50. The van der Waals surface area contributed by atoms with E-state index in [4.69, 9.17) is 16.3 Å². The summed E-state index contributed by atoms with van der Waals surface area (Å²) in [5.41, 5.74) is 0.997. The third-order valence-electron chi connectivity index (χ3n) is 2.18. The van der Waals surface area contributed by atoms with E-state index in [9.17, 15) is 4.79 Å². The molecule has 0 heterocycles. The van der Waals surface area contributed by atoms with E-state index < -0.39 is 0 Å². The second-order valence-corrected chi connectivity index (χ2v) is 3.88. The zero-order valence-electron chi connectivity index (χ0n) is 9.83. The number of hydrogen-bond donors (Lipinski definition) is 2. The highest BCUT2D eigenvalue weighted by molar-refractivity contribution is 6.17. The molecule has 0 aliphatic rings. The van der Waals surface area contributed by atoms with Gasteiger partial charge in [0.05, 0.1) is 7.11 Å². The maximum atomic E-state index is 11.3. The van der Waals surface area contributed by atoms with E-state index in [2.05, 4.69) is 10.6 Å². The Morgan fingerprint density at radius 3 is 2.94 bits per heavy atom. The maximum Gasteiger partial charge on any atom is 0.315 e. The van der Waals surface area contributed by atoms with Gasteiger partial charge in [0.15, 0.2) is 0 Å². The molecule has 4 nitrogen and oxygen atoms in total. The first-order valence-electron chi connectivity index (χ1n) is 5.47. The van der Waals surface area contributed by atoms with Crippen molar-refractivity contribution in [1.82, 2.24) is 10.6 Å². The van der Waals surface area contributed by atoms with Gasteiger partial charge < -0.3 is 15.4 Å². The molecule has 0 spiro atoms. The fourth-order valence-electron chi connectivity index (χ4n) is 1.30. The highest BCUT2D eigenvalue weighted by Crippen LogP contribution is 2.11. The summed E-state index contributed by atoms with van der Waals surface area (Å²) in [5, 5.41) is 5.48. The number of carbonyl (C=O) groups excluding carboxylic acids is 1. The maximum absolute atomic E-state index is 11.3. The summed E-state index contributed by atoms with van der Waals surface area (Å²) in [7, 11) is 1.62. The van der Waals surface area contributed by atoms with E-state index in [-0.39, 0.29) is 6.03 Å². The van der Waals surface area contributed by atoms with Crippen LogP contribution in [-0.4, -0.2) is 25.6 Å². The number of hydrogen-bond acceptors (Lipinski definition) is 2. The highest BCUT2D eigenvalue weighted by Gasteiger charge is 2.00. The van der Waals surface area contributed by atoms with Gasteiger partial charge in [0, 0.05) is 19.0 Å². The predicted molar refractivity (Wildman–Crippen MR) is 68.6 cm³/mol. The van der Waals surface area contributed by atoms with Gasteiger partial charge >= 0.3 is 6.03 Å². The molecular formula is C12H17ClN2O2. The SMILES string of the molecule is COc1cccc(CNC(=O)NCCCCl)c1. The normalized spacial score (nSPS) is 9.76. The first-order chi connectivity index (χ1) is 8.26. The first-order valence-corrected chi connectivity index (χ1v) is 6.00. The molecule has 17 heavy (non-hydrogen) atoms. The monoisotopic (exact) mass is 256 g/mol. The summed E-state index contributed by atoms with van der Waals surface area (Å²) in [6.45, 7) is 1.07. The number of urea groups is 1. The largest absolute Gasteiger partial charge is 0.497 e. The van der Waals surface area contributed by atoms with E-state index in [1.54, 1.807) is 7.11 Å². The quantitative estimate of drug-likeness (QED) is 0.605. The lowest BCUT2D eigenvalue weighted by atomic mass is 10.2. The number of methoxy groups -OCH3 is 1. The molecule has 0 fully saturated rings. The summed E-state index contributed by atoms with van der Waals surface area (Å²) in [6, 6.07) is 7.39. The Bertz CT molecular complexity index is 358. The summed E-state index contributed by atoms with van der Waals surface area (Å²) in [4.78, 5) is 11.3. The number of halogens is 1. The zero-order chi connectivity index (χ0) is 12.5. The lowest BCUT2D eigenvalue weighted by Gasteiger charge is -2.08. The molecule has 1 rings (SSSR count). The molecule has 0 radical (unpaired) electrons. The number of amides is 2. The lowest BCUT2D eigenvalue weighted by Crippen LogP contribution is -2.35. The summed E-state index contributed by atoms with van der Waals surface area (Å²) < 4.78 is 5.10. The molecule has 0 saturated heterocycles. The van der Waals surface area contributed by atoms with Gasteiger partial charge in [0.2, 0.25) is 0 Å². The number of nitrogens with one attached hydrogen (secondary N) is 2. The smallest absolute Gasteiger partial charge is 0.315 e. The van der Waals surface area contributed by atoms with Gasteiger partial charge in [-0.3, -0.25) is 0 Å². The van der Waals surface area contributed by atoms with E-state index in [0.29, 0.717) is 19.0 Å². The van der Waals surface area contributed by atoms with Crippen molar-refractivity contribution in [3.05, 3.63) is 29.8 Å². The van der Waals surface area contributed by atoms with Crippen molar-refractivity contribution in [2.75, 3.05) is 19.5 Å². The molecule has 0 aliphatic carbocycles. The van der Waals surface area contributed by atoms with Gasteiger partial charge in [0.1, 0.15) is 5.75 Å². The molecule has 0 aromatic heterocycles.